The SMILES string of the molecule is CC1=C[C@]23C(=O)[C@@H](C=C(CO)[C@H](O)[C@@]2(O)[C@@H]1O)[C@H]1[C@@H](C[C@H]3C)C1(C)C. The standard InChI is InChI=1S/C20H28O5/c1-9-7-19-10(2)5-13-14(18(13,3)4)12(17(19)24)6-11(8-21)16(23)20(19,25)15(9)22/h6-7,10,12-16,21-23,25H,5,8H2,1-4H3/t10-,12+,13-,14+,15-,16+,19+,20+/m1/s1. The van der Waals surface area contributed by atoms with E-state index in [1.165, 1.54) is 0 Å². The van der Waals surface area contributed by atoms with E-state index in [1.807, 2.05) is 6.92 Å². The molecular weight excluding hydrogens is 320 g/mol. The Hall–Kier alpha value is -1.01. The van der Waals surface area contributed by atoms with Crippen molar-refractivity contribution in [3.8, 4) is 0 Å². The number of Topliss-reactive ketones (excluding diaryl/α,β-unsaturated/α-hetero) is 1. The predicted octanol–water partition coefficient (Wildman–Crippen LogP) is 0.815. The zero-order valence-electron chi connectivity index (χ0n) is 15.2. The van der Waals surface area contributed by atoms with E-state index in [0.717, 1.165) is 6.42 Å². The molecule has 4 rings (SSSR count). The van der Waals surface area contributed by atoms with E-state index in [0.29, 0.717) is 11.5 Å². The van der Waals surface area contributed by atoms with Crippen molar-refractivity contribution in [3.63, 3.8) is 0 Å². The summed E-state index contributed by atoms with van der Waals surface area (Å²) in [6.45, 7) is 7.50. The third kappa shape index (κ3) is 1.71. The summed E-state index contributed by atoms with van der Waals surface area (Å²) in [6, 6.07) is 0. The fourth-order valence-electron chi connectivity index (χ4n) is 6.43. The summed E-state index contributed by atoms with van der Waals surface area (Å²) in [5, 5.41) is 43.0. The van der Waals surface area contributed by atoms with Crippen LogP contribution < -0.4 is 0 Å². The molecule has 0 aromatic heterocycles. The molecule has 0 amide bonds. The number of hydrogen-bond acceptors (Lipinski definition) is 5. The molecule has 0 unspecified atom stereocenters. The third-order valence-electron chi connectivity index (χ3n) is 7.93. The van der Waals surface area contributed by atoms with E-state index < -0.39 is 35.7 Å². The second kappa shape index (κ2) is 4.83. The molecule has 0 saturated heterocycles. The Morgan fingerprint density at radius 3 is 2.48 bits per heavy atom. The van der Waals surface area contributed by atoms with Gasteiger partial charge in [-0.05, 0) is 47.7 Å². The molecule has 2 bridgehead atoms. The Balaban J connectivity index is 1.99. The molecular formula is C20H28O5. The van der Waals surface area contributed by atoms with Gasteiger partial charge in [-0.2, -0.15) is 0 Å². The van der Waals surface area contributed by atoms with E-state index in [9.17, 15) is 25.2 Å². The topological polar surface area (TPSA) is 98.0 Å². The number of aliphatic hydroxyl groups excluding tert-OH is 3. The van der Waals surface area contributed by atoms with Crippen LogP contribution in [0.4, 0.5) is 0 Å². The monoisotopic (exact) mass is 348 g/mol. The van der Waals surface area contributed by atoms with Crippen LogP contribution >= 0.6 is 0 Å². The summed E-state index contributed by atoms with van der Waals surface area (Å²) in [5.74, 6) is -0.288. The van der Waals surface area contributed by atoms with Crippen LogP contribution in [0.2, 0.25) is 0 Å². The lowest BCUT2D eigenvalue weighted by Gasteiger charge is -2.48. The van der Waals surface area contributed by atoms with Crippen LogP contribution in [0.1, 0.15) is 34.1 Å². The average molecular weight is 348 g/mol. The Bertz CT molecular complexity index is 707. The quantitative estimate of drug-likeness (QED) is 0.526. The molecule has 138 valence electrons. The van der Waals surface area contributed by atoms with Crippen LogP contribution in [0.15, 0.2) is 23.3 Å². The van der Waals surface area contributed by atoms with E-state index in [2.05, 4.69) is 13.8 Å². The first kappa shape index (κ1) is 17.4. The van der Waals surface area contributed by atoms with Crippen LogP contribution in [0.25, 0.3) is 0 Å². The largest absolute Gasteiger partial charge is 0.392 e. The minimum Gasteiger partial charge on any atom is -0.392 e. The van der Waals surface area contributed by atoms with Gasteiger partial charge in [-0.25, -0.2) is 0 Å². The van der Waals surface area contributed by atoms with Gasteiger partial charge in [0.2, 0.25) is 0 Å². The molecule has 2 fully saturated rings. The maximum Gasteiger partial charge on any atom is 0.153 e. The molecule has 5 heteroatoms. The van der Waals surface area contributed by atoms with Crippen molar-refractivity contribution in [1.29, 1.82) is 0 Å². The first-order valence-electron chi connectivity index (χ1n) is 9.18. The van der Waals surface area contributed by atoms with Crippen LogP contribution in [-0.4, -0.2) is 50.6 Å². The number of rotatable bonds is 1. The lowest BCUT2D eigenvalue weighted by atomic mass is 9.59. The molecule has 0 aliphatic heterocycles. The molecule has 2 saturated carbocycles. The average Bonchev–Trinajstić information content (AvgIpc) is 3.05. The molecule has 8 atom stereocenters. The summed E-state index contributed by atoms with van der Waals surface area (Å²) in [7, 11) is 0. The van der Waals surface area contributed by atoms with Crippen molar-refractivity contribution in [1.82, 2.24) is 0 Å². The van der Waals surface area contributed by atoms with Gasteiger partial charge in [0.1, 0.15) is 17.8 Å². The summed E-state index contributed by atoms with van der Waals surface area (Å²) in [5.41, 5.74) is -2.58. The highest BCUT2D eigenvalue weighted by atomic mass is 16.4. The van der Waals surface area contributed by atoms with Crippen molar-refractivity contribution in [2.45, 2.75) is 51.9 Å². The van der Waals surface area contributed by atoms with Gasteiger partial charge >= 0.3 is 0 Å². The fourth-order valence-corrected chi connectivity index (χ4v) is 6.43. The van der Waals surface area contributed by atoms with E-state index in [1.54, 1.807) is 19.1 Å². The zero-order valence-corrected chi connectivity index (χ0v) is 15.2. The van der Waals surface area contributed by atoms with Crippen molar-refractivity contribution in [3.05, 3.63) is 23.3 Å². The number of allylic oxidation sites excluding steroid dienone is 1. The molecule has 0 radical (unpaired) electrons. The van der Waals surface area contributed by atoms with Gasteiger partial charge in [0.15, 0.2) is 5.78 Å². The highest BCUT2D eigenvalue weighted by Crippen LogP contribution is 2.71. The number of fused-ring (bicyclic) bond motifs is 3. The maximum atomic E-state index is 13.7. The fraction of sp³-hybridized carbons (Fsp3) is 0.750. The lowest BCUT2D eigenvalue weighted by Crippen LogP contribution is -2.65. The van der Waals surface area contributed by atoms with E-state index in [-0.39, 0.29) is 28.6 Å². The Morgan fingerprint density at radius 2 is 1.88 bits per heavy atom. The summed E-state index contributed by atoms with van der Waals surface area (Å²) in [6.07, 6.45) is 1.34. The molecule has 5 nitrogen and oxygen atoms in total. The van der Waals surface area contributed by atoms with Crippen molar-refractivity contribution in [2.24, 2.45) is 34.5 Å². The normalized spacial score (nSPS) is 53.2. The van der Waals surface area contributed by atoms with E-state index in [4.69, 9.17) is 0 Å². The van der Waals surface area contributed by atoms with Gasteiger partial charge in [0.25, 0.3) is 0 Å². The second-order valence-corrected chi connectivity index (χ2v) is 9.27. The van der Waals surface area contributed by atoms with Gasteiger partial charge in [0, 0.05) is 5.92 Å². The van der Waals surface area contributed by atoms with E-state index >= 15 is 0 Å². The number of carbonyl (C=O) groups excluding carboxylic acids is 1. The minimum absolute atomic E-state index is 0.0245. The number of aliphatic hydroxyl groups is 4. The number of carbonyl (C=O) groups is 1. The molecule has 0 aromatic rings. The summed E-state index contributed by atoms with van der Waals surface area (Å²) < 4.78 is 0. The van der Waals surface area contributed by atoms with Crippen LogP contribution in [-0.2, 0) is 4.79 Å². The molecule has 1 spiro atoms. The molecule has 25 heavy (non-hydrogen) atoms. The summed E-state index contributed by atoms with van der Waals surface area (Å²) >= 11 is 0. The molecule has 0 heterocycles. The Kier molecular flexibility index (Phi) is 3.36. The highest BCUT2D eigenvalue weighted by molar-refractivity contribution is 5.95. The molecule has 4 aliphatic rings. The van der Waals surface area contributed by atoms with Gasteiger partial charge in [-0.15, -0.1) is 0 Å². The maximum absolute atomic E-state index is 13.7. The van der Waals surface area contributed by atoms with Crippen molar-refractivity contribution >= 4 is 5.78 Å². The zero-order chi connectivity index (χ0) is 18.5. The van der Waals surface area contributed by atoms with Crippen LogP contribution in [0, 0.1) is 34.5 Å². The van der Waals surface area contributed by atoms with Crippen molar-refractivity contribution < 1.29 is 25.2 Å². The predicted molar refractivity (Wildman–Crippen MR) is 91.4 cm³/mol. The van der Waals surface area contributed by atoms with Gasteiger partial charge < -0.3 is 20.4 Å². The van der Waals surface area contributed by atoms with Gasteiger partial charge in [0.05, 0.1) is 12.0 Å². The Morgan fingerprint density at radius 1 is 1.24 bits per heavy atom. The lowest BCUT2D eigenvalue weighted by molar-refractivity contribution is -0.190. The smallest absolute Gasteiger partial charge is 0.153 e. The Labute approximate surface area is 148 Å². The first-order chi connectivity index (χ1) is 11.5. The van der Waals surface area contributed by atoms with Crippen LogP contribution in [0.5, 0.6) is 0 Å². The second-order valence-electron chi connectivity index (χ2n) is 9.27. The number of hydrogen-bond donors (Lipinski definition) is 4. The first-order valence-corrected chi connectivity index (χ1v) is 9.18. The third-order valence-corrected chi connectivity index (χ3v) is 7.93. The molecule has 0 aromatic carbocycles. The minimum atomic E-state index is -2.03. The number of ketones is 1. The highest BCUT2D eigenvalue weighted by Gasteiger charge is 2.75. The van der Waals surface area contributed by atoms with Crippen LogP contribution in [0.3, 0.4) is 0 Å². The van der Waals surface area contributed by atoms with Gasteiger partial charge in [-0.3, -0.25) is 4.79 Å². The molecule has 4 N–H and O–H groups in total. The molecule has 4 aliphatic carbocycles. The van der Waals surface area contributed by atoms with Gasteiger partial charge in [-0.1, -0.05) is 32.9 Å². The summed E-state index contributed by atoms with van der Waals surface area (Å²) in [4.78, 5) is 13.7. The van der Waals surface area contributed by atoms with Crippen molar-refractivity contribution in [2.75, 3.05) is 6.61 Å².